The molecule has 3 nitrogen and oxygen atoms in total. The quantitative estimate of drug-likeness (QED) is 0.700. The molecule has 2 amide bonds. The van der Waals surface area contributed by atoms with Crippen molar-refractivity contribution in [2.75, 3.05) is 6.54 Å². The highest BCUT2D eigenvalue weighted by molar-refractivity contribution is 5.75. The molecule has 2 unspecified atom stereocenters. The van der Waals surface area contributed by atoms with Crippen LogP contribution in [0.3, 0.4) is 0 Å². The van der Waals surface area contributed by atoms with Gasteiger partial charge in [0.1, 0.15) is 0 Å². The van der Waals surface area contributed by atoms with Gasteiger partial charge in [0.25, 0.3) is 0 Å². The minimum Gasteiger partial charge on any atom is -0.338 e. The van der Waals surface area contributed by atoms with Crippen molar-refractivity contribution in [2.24, 2.45) is 39.9 Å². The Bertz CT molecular complexity index is 616. The van der Waals surface area contributed by atoms with Crippen LogP contribution in [0.2, 0.25) is 0 Å². The van der Waals surface area contributed by atoms with Gasteiger partial charge in [-0.3, -0.25) is 0 Å². The van der Waals surface area contributed by atoms with E-state index in [1.54, 1.807) is 0 Å². The molecule has 8 saturated carbocycles. The largest absolute Gasteiger partial charge is 0.338 e. The van der Waals surface area contributed by atoms with Crippen LogP contribution >= 0.6 is 0 Å². The van der Waals surface area contributed by atoms with Gasteiger partial charge in [-0.1, -0.05) is 13.8 Å². The number of carbonyl (C=O) groups is 1. The number of carbonyl (C=O) groups excluding carboxylic acids is 1. The van der Waals surface area contributed by atoms with Crippen LogP contribution in [0, 0.1) is 39.9 Å². The fourth-order valence-corrected chi connectivity index (χ4v) is 10.6. The fraction of sp³-hybridized carbons (Fsp3) is 0.958. The molecule has 2 N–H and O–H groups in total. The highest BCUT2D eigenvalue weighted by atomic mass is 16.2. The van der Waals surface area contributed by atoms with Gasteiger partial charge >= 0.3 is 6.03 Å². The van der Waals surface area contributed by atoms with Crippen LogP contribution in [-0.2, 0) is 0 Å². The van der Waals surface area contributed by atoms with Crippen molar-refractivity contribution < 1.29 is 4.79 Å². The molecule has 0 aliphatic heterocycles. The lowest BCUT2D eigenvalue weighted by Gasteiger charge is -2.65. The lowest BCUT2D eigenvalue weighted by molar-refractivity contribution is -0.113. The van der Waals surface area contributed by atoms with Crippen molar-refractivity contribution in [1.29, 1.82) is 0 Å². The molecule has 0 aromatic heterocycles. The smallest absolute Gasteiger partial charge is 0.315 e. The molecule has 150 valence electrons. The maximum atomic E-state index is 13.0. The molecule has 0 saturated heterocycles. The molecule has 8 fully saturated rings. The predicted octanol–water partition coefficient (Wildman–Crippen LogP) is 5.25. The second-order valence-electron chi connectivity index (χ2n) is 13.1. The predicted molar refractivity (Wildman–Crippen MR) is 107 cm³/mol. The van der Waals surface area contributed by atoms with Crippen molar-refractivity contribution in [1.82, 2.24) is 10.6 Å². The number of amides is 2. The van der Waals surface area contributed by atoms with E-state index in [1.165, 1.54) is 77.0 Å². The Balaban J connectivity index is 1.13. The van der Waals surface area contributed by atoms with E-state index in [0.29, 0.717) is 16.2 Å². The Hall–Kier alpha value is -0.730. The first-order valence-electron chi connectivity index (χ1n) is 11.8. The third-order valence-corrected chi connectivity index (χ3v) is 9.79. The second kappa shape index (κ2) is 5.25. The van der Waals surface area contributed by atoms with Crippen molar-refractivity contribution in [3.63, 3.8) is 0 Å². The normalized spacial score (nSPS) is 57.1. The molecular formula is C24H38N2O. The first-order valence-corrected chi connectivity index (χ1v) is 11.8. The zero-order valence-corrected chi connectivity index (χ0v) is 17.4. The standard InChI is InChI=1S/C24H38N2O/c1-21-6-19-7-22(2,12-21)14-24(11-19,13-21)26-20(27)25-15-23-8-16-3-17(9-23)5-18(4-16)10-23/h16-19H,3-15H2,1-2H3,(H2,25,26,27). The Morgan fingerprint density at radius 1 is 0.778 bits per heavy atom. The van der Waals surface area contributed by atoms with Crippen LogP contribution in [0.5, 0.6) is 0 Å². The molecule has 8 rings (SSSR count). The highest BCUT2D eigenvalue weighted by Crippen LogP contribution is 2.66. The van der Waals surface area contributed by atoms with Gasteiger partial charge in [-0.2, -0.15) is 0 Å². The molecular weight excluding hydrogens is 332 g/mol. The van der Waals surface area contributed by atoms with Gasteiger partial charge in [0.05, 0.1) is 0 Å². The van der Waals surface area contributed by atoms with Crippen LogP contribution < -0.4 is 10.6 Å². The molecule has 27 heavy (non-hydrogen) atoms. The maximum absolute atomic E-state index is 13.0. The molecule has 0 heterocycles. The van der Waals surface area contributed by atoms with E-state index in [0.717, 1.165) is 30.2 Å². The summed E-state index contributed by atoms with van der Waals surface area (Å²) in [6.45, 7) is 5.90. The van der Waals surface area contributed by atoms with Gasteiger partial charge in [-0.25, -0.2) is 4.79 Å². The van der Waals surface area contributed by atoms with Gasteiger partial charge < -0.3 is 10.6 Å². The lowest BCUT2D eigenvalue weighted by Crippen LogP contribution is -2.66. The Kier molecular flexibility index (Phi) is 3.33. The summed E-state index contributed by atoms with van der Waals surface area (Å²) in [6, 6.07) is 0.139. The summed E-state index contributed by atoms with van der Waals surface area (Å²) in [5.41, 5.74) is 1.43. The van der Waals surface area contributed by atoms with Crippen molar-refractivity contribution in [2.45, 2.75) is 96.4 Å². The molecule has 0 aromatic rings. The van der Waals surface area contributed by atoms with Crippen LogP contribution in [0.25, 0.3) is 0 Å². The summed E-state index contributed by atoms with van der Waals surface area (Å²) in [5, 5.41) is 6.95. The van der Waals surface area contributed by atoms with Gasteiger partial charge in [-0.15, -0.1) is 0 Å². The minimum absolute atomic E-state index is 0.0778. The SMILES string of the molecule is CC12CC3CC(C)(C1)CC(NC(=O)NCC14CC5CC(CC(C5)C1)C4)(C3)C2. The van der Waals surface area contributed by atoms with Crippen molar-refractivity contribution in [3.8, 4) is 0 Å². The average molecular weight is 371 g/mol. The molecule has 2 atom stereocenters. The van der Waals surface area contributed by atoms with Crippen molar-refractivity contribution in [3.05, 3.63) is 0 Å². The molecule has 3 heteroatoms. The Labute approximate surface area is 164 Å². The molecule has 8 aliphatic rings. The summed E-state index contributed by atoms with van der Waals surface area (Å²) in [6.07, 6.45) is 16.4. The number of nitrogens with one attached hydrogen (secondary N) is 2. The molecule has 0 aromatic carbocycles. The Morgan fingerprint density at radius 2 is 1.33 bits per heavy atom. The summed E-state index contributed by atoms with van der Waals surface area (Å²) < 4.78 is 0. The van der Waals surface area contributed by atoms with Crippen LogP contribution in [-0.4, -0.2) is 18.1 Å². The third-order valence-electron chi connectivity index (χ3n) is 9.79. The van der Waals surface area contributed by atoms with Gasteiger partial charge in [0, 0.05) is 12.1 Å². The molecule has 0 radical (unpaired) electrons. The Morgan fingerprint density at radius 3 is 1.85 bits per heavy atom. The molecule has 8 aliphatic carbocycles. The number of rotatable bonds is 3. The number of hydrogen-bond acceptors (Lipinski definition) is 1. The van der Waals surface area contributed by atoms with Gasteiger partial charge in [0.15, 0.2) is 0 Å². The number of urea groups is 1. The van der Waals surface area contributed by atoms with E-state index in [9.17, 15) is 4.79 Å². The maximum Gasteiger partial charge on any atom is 0.315 e. The highest BCUT2D eigenvalue weighted by Gasteiger charge is 2.60. The fourth-order valence-electron chi connectivity index (χ4n) is 10.6. The van der Waals surface area contributed by atoms with E-state index in [1.807, 2.05) is 0 Å². The van der Waals surface area contributed by atoms with Gasteiger partial charge in [-0.05, 0) is 117 Å². The monoisotopic (exact) mass is 370 g/mol. The van der Waals surface area contributed by atoms with E-state index in [4.69, 9.17) is 0 Å². The van der Waals surface area contributed by atoms with Crippen LogP contribution in [0.15, 0.2) is 0 Å². The van der Waals surface area contributed by atoms with E-state index < -0.39 is 0 Å². The second-order valence-corrected chi connectivity index (χ2v) is 13.1. The van der Waals surface area contributed by atoms with Gasteiger partial charge in [0.2, 0.25) is 0 Å². The van der Waals surface area contributed by atoms with E-state index >= 15 is 0 Å². The van der Waals surface area contributed by atoms with Crippen LogP contribution in [0.4, 0.5) is 4.79 Å². The summed E-state index contributed by atoms with van der Waals surface area (Å²) in [7, 11) is 0. The summed E-state index contributed by atoms with van der Waals surface area (Å²) >= 11 is 0. The van der Waals surface area contributed by atoms with E-state index in [2.05, 4.69) is 24.5 Å². The molecule has 0 spiro atoms. The lowest BCUT2D eigenvalue weighted by atomic mass is 9.43. The minimum atomic E-state index is 0.0778. The average Bonchev–Trinajstić information content (AvgIpc) is 2.47. The topological polar surface area (TPSA) is 41.1 Å². The first-order chi connectivity index (χ1) is 12.7. The zero-order chi connectivity index (χ0) is 18.5. The third kappa shape index (κ3) is 2.77. The van der Waals surface area contributed by atoms with E-state index in [-0.39, 0.29) is 11.6 Å². The summed E-state index contributed by atoms with van der Waals surface area (Å²) in [5.74, 6) is 3.72. The first kappa shape index (κ1) is 17.2. The zero-order valence-electron chi connectivity index (χ0n) is 17.4. The molecule has 8 bridgehead atoms. The number of hydrogen-bond donors (Lipinski definition) is 2. The van der Waals surface area contributed by atoms with Crippen LogP contribution in [0.1, 0.15) is 90.9 Å². The summed E-state index contributed by atoms with van der Waals surface area (Å²) in [4.78, 5) is 13.0. The van der Waals surface area contributed by atoms with Crippen molar-refractivity contribution >= 4 is 6.03 Å².